The van der Waals surface area contributed by atoms with Gasteiger partial charge in [-0.25, -0.2) is 4.99 Å². The molecule has 0 aromatic carbocycles. The highest BCUT2D eigenvalue weighted by atomic mass is 127. The van der Waals surface area contributed by atoms with E-state index >= 15 is 0 Å². The average Bonchev–Trinajstić information content (AvgIpc) is 3.07. The zero-order valence-corrected chi connectivity index (χ0v) is 15.0. The lowest BCUT2D eigenvalue weighted by Crippen LogP contribution is -2.38. The molecule has 0 unspecified atom stereocenters. The van der Waals surface area contributed by atoms with Crippen LogP contribution < -0.4 is 10.6 Å². The standard InChI is InChI=1S/C15H23N5.HI/c1-3-16-15(17-7-11-20-8-4-5-9-20)18-12-14-6-10-19(2)13-14;/h4-6,8-10,13H,3,7,11-12H2,1-2H3,(H2,16,17,18);1H. The van der Waals surface area contributed by atoms with E-state index in [1.165, 1.54) is 5.56 Å². The van der Waals surface area contributed by atoms with Crippen molar-refractivity contribution in [2.45, 2.75) is 20.0 Å². The van der Waals surface area contributed by atoms with Crippen LogP contribution in [0.5, 0.6) is 0 Å². The van der Waals surface area contributed by atoms with Gasteiger partial charge < -0.3 is 19.8 Å². The van der Waals surface area contributed by atoms with E-state index in [-0.39, 0.29) is 24.0 Å². The van der Waals surface area contributed by atoms with E-state index in [9.17, 15) is 0 Å². The van der Waals surface area contributed by atoms with E-state index < -0.39 is 0 Å². The first kappa shape index (κ1) is 17.6. The number of aliphatic imine (C=N–C) groups is 1. The molecule has 6 heteroatoms. The van der Waals surface area contributed by atoms with Crippen LogP contribution in [-0.2, 0) is 20.1 Å². The van der Waals surface area contributed by atoms with Crippen LogP contribution in [-0.4, -0.2) is 28.2 Å². The Labute approximate surface area is 143 Å². The van der Waals surface area contributed by atoms with Gasteiger partial charge in [-0.15, -0.1) is 24.0 Å². The van der Waals surface area contributed by atoms with Crippen molar-refractivity contribution in [1.29, 1.82) is 0 Å². The van der Waals surface area contributed by atoms with Gasteiger partial charge in [0.2, 0.25) is 0 Å². The Kier molecular flexibility index (Phi) is 7.96. The number of rotatable bonds is 6. The molecule has 2 aromatic rings. The summed E-state index contributed by atoms with van der Waals surface area (Å²) in [6, 6.07) is 6.16. The fourth-order valence-electron chi connectivity index (χ4n) is 1.99. The molecule has 5 nitrogen and oxygen atoms in total. The maximum atomic E-state index is 4.59. The normalized spacial score (nSPS) is 11.0. The van der Waals surface area contributed by atoms with Crippen molar-refractivity contribution < 1.29 is 0 Å². The van der Waals surface area contributed by atoms with E-state index in [0.29, 0.717) is 6.54 Å². The Morgan fingerprint density at radius 1 is 1.19 bits per heavy atom. The molecule has 2 heterocycles. The highest BCUT2D eigenvalue weighted by Crippen LogP contribution is 2.00. The van der Waals surface area contributed by atoms with E-state index in [2.05, 4.69) is 51.8 Å². The number of halogens is 1. The van der Waals surface area contributed by atoms with Crippen molar-refractivity contribution in [2.75, 3.05) is 13.1 Å². The van der Waals surface area contributed by atoms with Gasteiger partial charge in [0.25, 0.3) is 0 Å². The molecule has 2 rings (SSSR count). The van der Waals surface area contributed by atoms with Crippen LogP contribution >= 0.6 is 24.0 Å². The molecule has 0 fully saturated rings. The molecule has 0 radical (unpaired) electrons. The van der Waals surface area contributed by atoms with Gasteiger partial charge in [0.15, 0.2) is 5.96 Å². The quantitative estimate of drug-likeness (QED) is 0.443. The Morgan fingerprint density at radius 3 is 2.57 bits per heavy atom. The fourth-order valence-corrected chi connectivity index (χ4v) is 1.99. The predicted octanol–water partition coefficient (Wildman–Crippen LogP) is 2.20. The molecule has 2 aromatic heterocycles. The lowest BCUT2D eigenvalue weighted by Gasteiger charge is -2.11. The number of aryl methyl sites for hydroxylation is 1. The number of hydrogen-bond donors (Lipinski definition) is 2. The second kappa shape index (κ2) is 9.49. The summed E-state index contributed by atoms with van der Waals surface area (Å²) in [7, 11) is 2.02. The summed E-state index contributed by atoms with van der Waals surface area (Å²) in [5.74, 6) is 0.864. The summed E-state index contributed by atoms with van der Waals surface area (Å²) in [6.07, 6.45) is 8.26. The maximum absolute atomic E-state index is 4.59. The first-order valence-corrected chi connectivity index (χ1v) is 7.01. The van der Waals surface area contributed by atoms with E-state index in [4.69, 9.17) is 0 Å². The summed E-state index contributed by atoms with van der Waals surface area (Å²) < 4.78 is 4.19. The summed E-state index contributed by atoms with van der Waals surface area (Å²) in [5, 5.41) is 6.61. The molecule has 116 valence electrons. The first-order valence-electron chi connectivity index (χ1n) is 7.01. The van der Waals surface area contributed by atoms with Gasteiger partial charge in [-0.05, 0) is 30.7 Å². The minimum Gasteiger partial charge on any atom is -0.357 e. The van der Waals surface area contributed by atoms with Crippen LogP contribution in [0, 0.1) is 0 Å². The second-order valence-electron chi connectivity index (χ2n) is 4.73. The van der Waals surface area contributed by atoms with Gasteiger partial charge in [-0.2, -0.15) is 0 Å². The zero-order chi connectivity index (χ0) is 14.2. The van der Waals surface area contributed by atoms with Crippen LogP contribution in [0.3, 0.4) is 0 Å². The lowest BCUT2D eigenvalue weighted by molar-refractivity contribution is 0.665. The van der Waals surface area contributed by atoms with Crippen LogP contribution in [0.2, 0.25) is 0 Å². The van der Waals surface area contributed by atoms with Gasteiger partial charge in [-0.3, -0.25) is 0 Å². The molecule has 0 atom stereocenters. The molecule has 2 N–H and O–H groups in total. The molecule has 0 saturated carbocycles. The third kappa shape index (κ3) is 6.24. The SMILES string of the molecule is CCNC(=NCc1ccn(C)c1)NCCn1cccc1.I. The predicted molar refractivity (Wildman–Crippen MR) is 98.1 cm³/mol. The minimum absolute atomic E-state index is 0. The number of guanidine groups is 1. The van der Waals surface area contributed by atoms with Crippen molar-refractivity contribution >= 4 is 29.9 Å². The van der Waals surface area contributed by atoms with Crippen molar-refractivity contribution in [1.82, 2.24) is 19.8 Å². The zero-order valence-electron chi connectivity index (χ0n) is 12.6. The molecule has 0 aliphatic carbocycles. The fraction of sp³-hybridized carbons (Fsp3) is 0.400. The topological polar surface area (TPSA) is 46.3 Å². The largest absolute Gasteiger partial charge is 0.357 e. The van der Waals surface area contributed by atoms with E-state index in [1.807, 2.05) is 29.9 Å². The highest BCUT2D eigenvalue weighted by Gasteiger charge is 1.98. The van der Waals surface area contributed by atoms with Gasteiger partial charge in [0.05, 0.1) is 6.54 Å². The smallest absolute Gasteiger partial charge is 0.191 e. The number of nitrogens with zero attached hydrogens (tertiary/aromatic N) is 3. The maximum Gasteiger partial charge on any atom is 0.191 e. The van der Waals surface area contributed by atoms with Crippen molar-refractivity contribution in [2.24, 2.45) is 12.0 Å². The van der Waals surface area contributed by atoms with Crippen LogP contribution in [0.15, 0.2) is 48.0 Å². The first-order chi connectivity index (χ1) is 9.78. The molecule has 0 aliphatic rings. The van der Waals surface area contributed by atoms with Crippen LogP contribution in [0.25, 0.3) is 0 Å². The third-order valence-corrected chi connectivity index (χ3v) is 2.99. The number of aromatic nitrogens is 2. The molecule has 0 saturated heterocycles. The highest BCUT2D eigenvalue weighted by molar-refractivity contribution is 14.0. The number of hydrogen-bond acceptors (Lipinski definition) is 1. The van der Waals surface area contributed by atoms with Crippen LogP contribution in [0.1, 0.15) is 12.5 Å². The molecular weight excluding hydrogens is 377 g/mol. The summed E-state index contributed by atoms with van der Waals surface area (Å²) in [4.78, 5) is 4.59. The summed E-state index contributed by atoms with van der Waals surface area (Å²) in [5.41, 5.74) is 1.22. The lowest BCUT2D eigenvalue weighted by atomic mass is 10.3. The Bertz CT molecular complexity index is 530. The van der Waals surface area contributed by atoms with Gasteiger partial charge in [-0.1, -0.05) is 0 Å². The Morgan fingerprint density at radius 2 is 1.95 bits per heavy atom. The van der Waals surface area contributed by atoms with Crippen molar-refractivity contribution in [3.8, 4) is 0 Å². The summed E-state index contributed by atoms with van der Waals surface area (Å²) >= 11 is 0. The van der Waals surface area contributed by atoms with Gasteiger partial charge in [0, 0.05) is 51.5 Å². The van der Waals surface area contributed by atoms with E-state index in [0.717, 1.165) is 25.6 Å². The minimum atomic E-state index is 0. The molecular formula is C15H24IN5. The summed E-state index contributed by atoms with van der Waals surface area (Å²) in [6.45, 7) is 5.42. The molecule has 0 amide bonds. The molecule has 0 bridgehead atoms. The Balaban J connectivity index is 0.00000220. The van der Waals surface area contributed by atoms with Crippen molar-refractivity contribution in [3.05, 3.63) is 48.5 Å². The average molecular weight is 401 g/mol. The third-order valence-electron chi connectivity index (χ3n) is 2.99. The molecule has 0 aliphatic heterocycles. The van der Waals surface area contributed by atoms with E-state index in [1.54, 1.807) is 0 Å². The molecule has 21 heavy (non-hydrogen) atoms. The second-order valence-corrected chi connectivity index (χ2v) is 4.73. The molecule has 0 spiro atoms. The van der Waals surface area contributed by atoms with Crippen LogP contribution in [0.4, 0.5) is 0 Å². The monoisotopic (exact) mass is 401 g/mol. The van der Waals surface area contributed by atoms with Gasteiger partial charge in [0.1, 0.15) is 0 Å². The van der Waals surface area contributed by atoms with Crippen molar-refractivity contribution in [3.63, 3.8) is 0 Å². The van der Waals surface area contributed by atoms with Gasteiger partial charge >= 0.3 is 0 Å². The Hall–Kier alpha value is -1.44. The number of nitrogens with one attached hydrogen (secondary N) is 2.